The van der Waals surface area contributed by atoms with Gasteiger partial charge in [0.25, 0.3) is 5.91 Å². The normalized spacial score (nSPS) is 10.8. The Balaban J connectivity index is 1.66. The fourth-order valence-electron chi connectivity index (χ4n) is 3.37. The number of carbonyl (C=O) groups excluding carboxylic acids is 1. The average Bonchev–Trinajstić information content (AvgIpc) is 3.11. The molecule has 1 heterocycles. The minimum Gasteiger partial charge on any atom is -0.497 e. The number of hydrogen-bond donors (Lipinski definition) is 2. The number of nitrogens with one attached hydrogen (secondary N) is 1. The molecule has 4 aromatic rings. The molecule has 0 aliphatic rings. The van der Waals surface area contributed by atoms with E-state index in [9.17, 15) is 4.79 Å². The summed E-state index contributed by atoms with van der Waals surface area (Å²) in [5, 5.41) is 8.76. The molecular weight excluding hydrogens is 366 g/mol. The van der Waals surface area contributed by atoms with Crippen LogP contribution in [0.5, 0.6) is 5.75 Å². The van der Waals surface area contributed by atoms with Crippen LogP contribution in [0.1, 0.15) is 27.3 Å². The highest BCUT2D eigenvalue weighted by Gasteiger charge is 2.12. The van der Waals surface area contributed by atoms with Gasteiger partial charge in [-0.15, -0.1) is 0 Å². The number of benzene rings is 3. The molecule has 0 saturated heterocycles. The Bertz CT molecular complexity index is 1130. The van der Waals surface area contributed by atoms with Crippen LogP contribution in [0.15, 0.2) is 72.8 Å². The molecule has 1 amide bonds. The van der Waals surface area contributed by atoms with Gasteiger partial charge in [-0.3, -0.25) is 10.0 Å². The lowest BCUT2D eigenvalue weighted by atomic mass is 10.1. The number of imidazole rings is 1. The van der Waals surface area contributed by atoms with Gasteiger partial charge >= 0.3 is 0 Å². The van der Waals surface area contributed by atoms with E-state index < -0.39 is 5.91 Å². The molecule has 4 rings (SSSR count). The van der Waals surface area contributed by atoms with Gasteiger partial charge in [0.15, 0.2) is 0 Å². The second-order valence-corrected chi connectivity index (χ2v) is 6.77. The molecule has 0 aliphatic carbocycles. The molecule has 0 bridgehead atoms. The molecule has 0 saturated carbocycles. The summed E-state index contributed by atoms with van der Waals surface area (Å²) in [6.45, 7) is 0.699. The molecule has 0 spiro atoms. The third-order valence-corrected chi connectivity index (χ3v) is 4.91. The van der Waals surface area contributed by atoms with E-state index >= 15 is 0 Å². The summed E-state index contributed by atoms with van der Waals surface area (Å²) >= 11 is 0. The van der Waals surface area contributed by atoms with Crippen LogP contribution in [0, 0.1) is 0 Å². The van der Waals surface area contributed by atoms with Crippen LogP contribution in [0.2, 0.25) is 0 Å². The zero-order valence-corrected chi connectivity index (χ0v) is 16.0. The molecular formula is C23H21N3O3. The van der Waals surface area contributed by atoms with Crippen molar-refractivity contribution in [1.29, 1.82) is 0 Å². The minimum absolute atomic E-state index is 0.406. The number of para-hydroxylation sites is 2. The Labute approximate surface area is 168 Å². The second-order valence-electron chi connectivity index (χ2n) is 6.77. The van der Waals surface area contributed by atoms with Crippen molar-refractivity contribution in [3.63, 3.8) is 0 Å². The zero-order chi connectivity index (χ0) is 20.2. The molecule has 0 fully saturated rings. The maximum Gasteiger partial charge on any atom is 0.274 e. The standard InChI is InChI=1S/C23H21N3O3/c1-29-19-12-8-17(9-13-19)15-26-21-5-3-2-4-20(21)24-22(26)14-16-6-10-18(11-7-16)23(27)25-28/h2-13,28H,14-15H2,1H3,(H,25,27). The largest absolute Gasteiger partial charge is 0.497 e. The van der Waals surface area contributed by atoms with Crippen molar-refractivity contribution in [2.24, 2.45) is 0 Å². The maximum atomic E-state index is 11.5. The second kappa shape index (κ2) is 8.16. The Hall–Kier alpha value is -3.64. The lowest BCUT2D eigenvalue weighted by molar-refractivity contribution is 0.0706. The van der Waals surface area contributed by atoms with Crippen molar-refractivity contribution < 1.29 is 14.7 Å². The van der Waals surface area contributed by atoms with E-state index in [-0.39, 0.29) is 0 Å². The highest BCUT2D eigenvalue weighted by atomic mass is 16.5. The number of nitrogens with zero attached hydrogens (tertiary/aromatic N) is 2. The number of hydrogen-bond acceptors (Lipinski definition) is 4. The third kappa shape index (κ3) is 3.97. The van der Waals surface area contributed by atoms with E-state index in [2.05, 4.69) is 22.8 Å². The van der Waals surface area contributed by atoms with E-state index in [4.69, 9.17) is 14.9 Å². The fourth-order valence-corrected chi connectivity index (χ4v) is 3.37. The first-order chi connectivity index (χ1) is 14.2. The number of hydroxylamine groups is 1. The lowest BCUT2D eigenvalue weighted by Gasteiger charge is -2.11. The quantitative estimate of drug-likeness (QED) is 0.390. The first kappa shape index (κ1) is 18.7. The lowest BCUT2D eigenvalue weighted by Crippen LogP contribution is -2.18. The van der Waals surface area contributed by atoms with Crippen molar-refractivity contribution >= 4 is 16.9 Å². The van der Waals surface area contributed by atoms with Crippen LogP contribution in [0.3, 0.4) is 0 Å². The highest BCUT2D eigenvalue weighted by Crippen LogP contribution is 2.21. The molecule has 6 heteroatoms. The van der Waals surface area contributed by atoms with Crippen molar-refractivity contribution in [2.45, 2.75) is 13.0 Å². The van der Waals surface area contributed by atoms with E-state index in [1.807, 2.05) is 42.5 Å². The summed E-state index contributed by atoms with van der Waals surface area (Å²) in [5.41, 5.74) is 6.27. The first-order valence-corrected chi connectivity index (χ1v) is 9.28. The summed E-state index contributed by atoms with van der Waals surface area (Å²) in [7, 11) is 1.66. The van der Waals surface area contributed by atoms with Gasteiger partial charge in [0, 0.05) is 18.5 Å². The van der Waals surface area contributed by atoms with E-state index in [1.165, 1.54) is 0 Å². The van der Waals surface area contributed by atoms with Crippen LogP contribution < -0.4 is 10.2 Å². The van der Waals surface area contributed by atoms with Crippen LogP contribution in [0.4, 0.5) is 0 Å². The van der Waals surface area contributed by atoms with Crippen molar-refractivity contribution in [3.8, 4) is 5.75 Å². The van der Waals surface area contributed by atoms with Crippen LogP contribution >= 0.6 is 0 Å². The fraction of sp³-hybridized carbons (Fsp3) is 0.130. The number of aromatic nitrogens is 2. The molecule has 0 aliphatic heterocycles. The van der Waals surface area contributed by atoms with Gasteiger partial charge in [-0.2, -0.15) is 0 Å². The van der Waals surface area contributed by atoms with E-state index in [0.29, 0.717) is 18.5 Å². The monoisotopic (exact) mass is 387 g/mol. The van der Waals surface area contributed by atoms with Crippen molar-refractivity contribution in [3.05, 3.63) is 95.3 Å². The minimum atomic E-state index is -0.525. The summed E-state index contributed by atoms with van der Waals surface area (Å²) in [6.07, 6.45) is 0.631. The van der Waals surface area contributed by atoms with E-state index in [1.54, 1.807) is 24.7 Å². The number of ether oxygens (including phenoxy) is 1. The molecule has 6 nitrogen and oxygen atoms in total. The van der Waals surface area contributed by atoms with Gasteiger partial charge in [-0.1, -0.05) is 36.4 Å². The first-order valence-electron chi connectivity index (χ1n) is 9.28. The number of amides is 1. The topological polar surface area (TPSA) is 76.4 Å². The van der Waals surface area contributed by atoms with Crippen molar-refractivity contribution in [2.75, 3.05) is 7.11 Å². The van der Waals surface area contributed by atoms with Crippen molar-refractivity contribution in [1.82, 2.24) is 15.0 Å². The molecule has 3 aromatic carbocycles. The maximum absolute atomic E-state index is 11.5. The molecule has 0 atom stereocenters. The predicted octanol–water partition coefficient (Wildman–Crippen LogP) is 3.80. The number of rotatable bonds is 6. The van der Waals surface area contributed by atoms with Gasteiger partial charge in [0.1, 0.15) is 11.6 Å². The summed E-state index contributed by atoms with van der Waals surface area (Å²) < 4.78 is 7.46. The Morgan fingerprint density at radius 3 is 2.38 bits per heavy atom. The molecule has 0 unspecified atom stereocenters. The van der Waals surface area contributed by atoms with Crippen LogP contribution in [0.25, 0.3) is 11.0 Å². The van der Waals surface area contributed by atoms with Gasteiger partial charge < -0.3 is 9.30 Å². The average molecular weight is 387 g/mol. The summed E-state index contributed by atoms with van der Waals surface area (Å²) in [4.78, 5) is 16.3. The molecule has 2 N–H and O–H groups in total. The Morgan fingerprint density at radius 2 is 1.69 bits per heavy atom. The molecule has 29 heavy (non-hydrogen) atoms. The third-order valence-electron chi connectivity index (χ3n) is 4.91. The molecule has 146 valence electrons. The number of carbonyl (C=O) groups is 1. The molecule has 0 radical (unpaired) electrons. The number of methoxy groups -OCH3 is 1. The van der Waals surface area contributed by atoms with Gasteiger partial charge in [0.2, 0.25) is 0 Å². The van der Waals surface area contributed by atoms with Crippen LogP contribution in [-0.4, -0.2) is 27.8 Å². The predicted molar refractivity (Wildman–Crippen MR) is 110 cm³/mol. The SMILES string of the molecule is COc1ccc(Cn2c(Cc3ccc(C(=O)NO)cc3)nc3ccccc32)cc1. The molecule has 1 aromatic heterocycles. The zero-order valence-electron chi connectivity index (χ0n) is 16.0. The van der Waals surface area contributed by atoms with E-state index in [0.717, 1.165) is 33.7 Å². The smallest absolute Gasteiger partial charge is 0.274 e. The summed E-state index contributed by atoms with van der Waals surface area (Å²) in [6, 6.07) is 23.2. The van der Waals surface area contributed by atoms with Gasteiger partial charge in [-0.25, -0.2) is 10.5 Å². The van der Waals surface area contributed by atoms with Gasteiger partial charge in [-0.05, 0) is 47.5 Å². The highest BCUT2D eigenvalue weighted by molar-refractivity contribution is 5.93. The number of fused-ring (bicyclic) bond motifs is 1. The Morgan fingerprint density at radius 1 is 1.00 bits per heavy atom. The van der Waals surface area contributed by atoms with Gasteiger partial charge in [0.05, 0.1) is 18.1 Å². The van der Waals surface area contributed by atoms with Crippen LogP contribution in [-0.2, 0) is 13.0 Å². The summed E-state index contributed by atoms with van der Waals surface area (Å²) in [5.74, 6) is 1.25. The Kier molecular flexibility index (Phi) is 5.27.